The molecule has 0 aromatic heterocycles. The molecule has 0 bridgehead atoms. The predicted octanol–water partition coefficient (Wildman–Crippen LogP) is 1.27. The smallest absolute Gasteiger partial charge is 0.166 e. The minimum Gasteiger partial charge on any atom is -0.362 e. The van der Waals surface area contributed by atoms with E-state index in [1.165, 1.54) is 25.7 Å². The molecular formula is C13H24N4S2. The molecule has 0 atom stereocenters. The number of thiocarbonyl (C=S) groups is 2. The van der Waals surface area contributed by atoms with E-state index >= 15 is 0 Å². The van der Waals surface area contributed by atoms with Crippen molar-refractivity contribution in [3.05, 3.63) is 0 Å². The van der Waals surface area contributed by atoms with Gasteiger partial charge in [-0.1, -0.05) is 13.8 Å². The van der Waals surface area contributed by atoms with Gasteiger partial charge < -0.3 is 21.3 Å². The van der Waals surface area contributed by atoms with E-state index in [9.17, 15) is 0 Å². The van der Waals surface area contributed by atoms with Crippen LogP contribution in [0.3, 0.4) is 0 Å². The first-order valence-electron chi connectivity index (χ1n) is 7.03. The maximum atomic E-state index is 5.26. The summed E-state index contributed by atoms with van der Waals surface area (Å²) in [5, 5.41) is 14.7. The molecule has 19 heavy (non-hydrogen) atoms. The molecule has 0 spiro atoms. The molecule has 2 aliphatic rings. The second kappa shape index (κ2) is 6.22. The summed E-state index contributed by atoms with van der Waals surface area (Å²) in [6.07, 6.45) is 4.98. The summed E-state index contributed by atoms with van der Waals surface area (Å²) >= 11 is 10.5. The third-order valence-corrected chi connectivity index (χ3v) is 3.80. The van der Waals surface area contributed by atoms with Crippen molar-refractivity contribution in [1.29, 1.82) is 0 Å². The van der Waals surface area contributed by atoms with Crippen LogP contribution in [0, 0.1) is 5.41 Å². The Morgan fingerprint density at radius 3 is 1.58 bits per heavy atom. The minimum atomic E-state index is 0.102. The number of hydrogen-bond acceptors (Lipinski definition) is 2. The Morgan fingerprint density at radius 1 is 0.895 bits per heavy atom. The van der Waals surface area contributed by atoms with Crippen LogP contribution >= 0.6 is 24.4 Å². The van der Waals surface area contributed by atoms with Gasteiger partial charge >= 0.3 is 0 Å². The maximum absolute atomic E-state index is 5.26. The topological polar surface area (TPSA) is 48.1 Å². The largest absolute Gasteiger partial charge is 0.362 e. The van der Waals surface area contributed by atoms with E-state index in [0.717, 1.165) is 23.3 Å². The van der Waals surface area contributed by atoms with Crippen molar-refractivity contribution in [2.45, 2.75) is 51.6 Å². The Kier molecular flexibility index (Phi) is 4.84. The van der Waals surface area contributed by atoms with Gasteiger partial charge in [0, 0.05) is 25.2 Å². The summed E-state index contributed by atoms with van der Waals surface area (Å²) in [5.41, 5.74) is 0.102. The molecule has 2 fully saturated rings. The number of nitrogens with one attached hydrogen (secondary N) is 4. The Hall–Kier alpha value is -0.620. The highest BCUT2D eigenvalue weighted by atomic mass is 32.1. The molecule has 108 valence electrons. The third kappa shape index (κ3) is 6.38. The molecule has 4 N–H and O–H groups in total. The van der Waals surface area contributed by atoms with Crippen molar-refractivity contribution < 1.29 is 0 Å². The molecule has 0 radical (unpaired) electrons. The van der Waals surface area contributed by atoms with Crippen molar-refractivity contribution in [3.63, 3.8) is 0 Å². The second-order valence-electron chi connectivity index (χ2n) is 6.37. The van der Waals surface area contributed by atoms with Gasteiger partial charge in [0.25, 0.3) is 0 Å². The summed E-state index contributed by atoms with van der Waals surface area (Å²) in [5.74, 6) is 0. The highest BCUT2D eigenvalue weighted by molar-refractivity contribution is 7.80. The fourth-order valence-electron chi connectivity index (χ4n) is 1.63. The lowest BCUT2D eigenvalue weighted by Gasteiger charge is -2.27. The Bertz CT molecular complexity index is 317. The molecule has 2 rings (SSSR count). The fourth-order valence-corrected chi connectivity index (χ4v) is 2.11. The van der Waals surface area contributed by atoms with Crippen LogP contribution in [0.15, 0.2) is 0 Å². The highest BCUT2D eigenvalue weighted by Gasteiger charge is 2.24. The zero-order chi connectivity index (χ0) is 13.9. The van der Waals surface area contributed by atoms with Crippen LogP contribution in [0.2, 0.25) is 0 Å². The van der Waals surface area contributed by atoms with E-state index in [1.807, 2.05) is 0 Å². The van der Waals surface area contributed by atoms with Crippen LogP contribution in [0.1, 0.15) is 39.5 Å². The molecule has 0 saturated heterocycles. The predicted molar refractivity (Wildman–Crippen MR) is 87.3 cm³/mol. The minimum absolute atomic E-state index is 0.102. The molecule has 2 saturated carbocycles. The molecule has 0 unspecified atom stereocenters. The van der Waals surface area contributed by atoms with Crippen LogP contribution in [0.25, 0.3) is 0 Å². The normalized spacial score (nSPS) is 18.6. The first-order chi connectivity index (χ1) is 8.94. The monoisotopic (exact) mass is 300 g/mol. The van der Waals surface area contributed by atoms with Gasteiger partial charge in [-0.25, -0.2) is 0 Å². The fraction of sp³-hybridized carbons (Fsp3) is 0.846. The van der Waals surface area contributed by atoms with E-state index in [2.05, 4.69) is 35.1 Å². The molecule has 0 heterocycles. The van der Waals surface area contributed by atoms with Crippen molar-refractivity contribution in [2.75, 3.05) is 13.1 Å². The number of rotatable bonds is 6. The third-order valence-electron chi connectivity index (χ3n) is 3.28. The molecular weight excluding hydrogens is 276 g/mol. The summed E-state index contributed by atoms with van der Waals surface area (Å²) in [4.78, 5) is 0. The van der Waals surface area contributed by atoms with Crippen LogP contribution < -0.4 is 21.3 Å². The van der Waals surface area contributed by atoms with E-state index in [0.29, 0.717) is 12.1 Å². The van der Waals surface area contributed by atoms with Gasteiger partial charge in [-0.3, -0.25) is 0 Å². The first kappa shape index (κ1) is 14.8. The van der Waals surface area contributed by atoms with Gasteiger partial charge in [-0.15, -0.1) is 0 Å². The van der Waals surface area contributed by atoms with Crippen molar-refractivity contribution in [2.24, 2.45) is 5.41 Å². The Labute approximate surface area is 126 Å². The van der Waals surface area contributed by atoms with Crippen LogP contribution in [-0.4, -0.2) is 35.4 Å². The average Bonchev–Trinajstić information content (AvgIpc) is 3.20. The molecule has 2 aliphatic carbocycles. The van der Waals surface area contributed by atoms with Crippen molar-refractivity contribution >= 4 is 34.7 Å². The van der Waals surface area contributed by atoms with Crippen LogP contribution in [-0.2, 0) is 0 Å². The van der Waals surface area contributed by atoms with Gasteiger partial charge in [0.1, 0.15) is 0 Å². The van der Waals surface area contributed by atoms with Gasteiger partial charge in [-0.05, 0) is 55.5 Å². The van der Waals surface area contributed by atoms with Gasteiger partial charge in [0.2, 0.25) is 0 Å². The SMILES string of the molecule is CC(C)(CNC(=S)NC1CC1)CNC(=S)NC1CC1. The summed E-state index contributed by atoms with van der Waals surface area (Å²) in [6.45, 7) is 6.08. The van der Waals surface area contributed by atoms with E-state index in [-0.39, 0.29) is 5.41 Å². The summed E-state index contributed by atoms with van der Waals surface area (Å²) < 4.78 is 0. The van der Waals surface area contributed by atoms with Crippen molar-refractivity contribution in [3.8, 4) is 0 Å². The molecule has 0 aromatic rings. The standard InChI is InChI=1S/C13H24N4S2/c1-13(2,7-14-11(18)16-9-3-4-9)8-15-12(19)17-10-5-6-10/h9-10H,3-8H2,1-2H3,(H2,14,16,18)(H2,15,17,19). The zero-order valence-electron chi connectivity index (χ0n) is 11.7. The second-order valence-corrected chi connectivity index (χ2v) is 7.18. The lowest BCUT2D eigenvalue weighted by atomic mass is 9.93. The lowest BCUT2D eigenvalue weighted by molar-refractivity contribution is 0.359. The quantitative estimate of drug-likeness (QED) is 0.554. The Morgan fingerprint density at radius 2 is 1.26 bits per heavy atom. The molecule has 0 amide bonds. The first-order valence-corrected chi connectivity index (χ1v) is 7.85. The molecule has 0 aromatic carbocycles. The zero-order valence-corrected chi connectivity index (χ0v) is 13.3. The Balaban J connectivity index is 1.59. The lowest BCUT2D eigenvalue weighted by Crippen LogP contribution is -2.47. The van der Waals surface area contributed by atoms with Gasteiger partial charge in [0.15, 0.2) is 10.2 Å². The molecule has 4 nitrogen and oxygen atoms in total. The maximum Gasteiger partial charge on any atom is 0.166 e. The average molecular weight is 300 g/mol. The highest BCUT2D eigenvalue weighted by Crippen LogP contribution is 2.19. The van der Waals surface area contributed by atoms with E-state index in [4.69, 9.17) is 24.4 Å². The molecule has 6 heteroatoms. The van der Waals surface area contributed by atoms with Gasteiger partial charge in [0.05, 0.1) is 0 Å². The van der Waals surface area contributed by atoms with E-state index < -0.39 is 0 Å². The summed E-state index contributed by atoms with van der Waals surface area (Å²) in [7, 11) is 0. The van der Waals surface area contributed by atoms with E-state index in [1.54, 1.807) is 0 Å². The summed E-state index contributed by atoms with van der Waals surface area (Å²) in [6, 6.07) is 1.22. The number of hydrogen-bond donors (Lipinski definition) is 4. The van der Waals surface area contributed by atoms with Crippen LogP contribution in [0.5, 0.6) is 0 Å². The van der Waals surface area contributed by atoms with Crippen molar-refractivity contribution in [1.82, 2.24) is 21.3 Å². The van der Waals surface area contributed by atoms with Gasteiger partial charge in [-0.2, -0.15) is 0 Å². The van der Waals surface area contributed by atoms with Crippen LogP contribution in [0.4, 0.5) is 0 Å². The molecule has 0 aliphatic heterocycles.